The maximum Gasteiger partial charge on any atom is 0.242 e. The summed E-state index contributed by atoms with van der Waals surface area (Å²) < 4.78 is 4.89. The van der Waals surface area contributed by atoms with Crippen molar-refractivity contribution in [3.05, 3.63) is 35.4 Å². The maximum atomic E-state index is 12.3. The molecule has 0 aromatic heterocycles. The van der Waals surface area contributed by atoms with E-state index in [2.05, 4.69) is 0 Å². The van der Waals surface area contributed by atoms with Crippen LogP contribution in [0.3, 0.4) is 0 Å². The number of benzene rings is 1. The van der Waals surface area contributed by atoms with Crippen LogP contribution in [0.2, 0.25) is 0 Å². The van der Waals surface area contributed by atoms with Gasteiger partial charge < -0.3 is 21.1 Å². The molecule has 1 aliphatic rings. The molecular formula is C14H20ClN3O3. The number of hydrogen-bond donors (Lipinski definition) is 2. The summed E-state index contributed by atoms with van der Waals surface area (Å²) in [5, 5.41) is 0. The van der Waals surface area contributed by atoms with Gasteiger partial charge in [-0.05, 0) is 11.1 Å². The van der Waals surface area contributed by atoms with Crippen molar-refractivity contribution in [1.29, 1.82) is 0 Å². The van der Waals surface area contributed by atoms with Crippen LogP contribution in [-0.4, -0.2) is 42.5 Å². The number of primary amides is 1. The van der Waals surface area contributed by atoms with Gasteiger partial charge in [0.15, 0.2) is 0 Å². The second-order valence-corrected chi connectivity index (χ2v) is 4.92. The Morgan fingerprint density at radius 1 is 1.38 bits per heavy atom. The summed E-state index contributed by atoms with van der Waals surface area (Å²) in [4.78, 5) is 25.4. The van der Waals surface area contributed by atoms with E-state index in [9.17, 15) is 9.59 Å². The third-order valence-corrected chi connectivity index (χ3v) is 3.52. The van der Waals surface area contributed by atoms with Gasteiger partial charge in [-0.3, -0.25) is 9.59 Å². The quantitative estimate of drug-likeness (QED) is 0.805. The number of methoxy groups -OCH3 is 1. The molecule has 116 valence electrons. The predicted molar refractivity (Wildman–Crippen MR) is 80.8 cm³/mol. The lowest BCUT2D eigenvalue weighted by atomic mass is 9.93. The number of amides is 2. The monoisotopic (exact) mass is 313 g/mol. The smallest absolute Gasteiger partial charge is 0.242 e. The second-order valence-electron chi connectivity index (χ2n) is 4.92. The van der Waals surface area contributed by atoms with Gasteiger partial charge in [-0.1, -0.05) is 24.3 Å². The van der Waals surface area contributed by atoms with Gasteiger partial charge in [0.2, 0.25) is 11.8 Å². The highest BCUT2D eigenvalue weighted by atomic mass is 35.5. The Morgan fingerprint density at radius 3 is 2.57 bits per heavy atom. The van der Waals surface area contributed by atoms with E-state index < -0.39 is 18.0 Å². The number of nitrogens with two attached hydrogens (primary N) is 2. The summed E-state index contributed by atoms with van der Waals surface area (Å²) in [7, 11) is 1.48. The molecule has 0 fully saturated rings. The van der Waals surface area contributed by atoms with E-state index in [1.54, 1.807) is 0 Å². The molecule has 2 amide bonds. The molecule has 2 rings (SSSR count). The van der Waals surface area contributed by atoms with Gasteiger partial charge in [-0.25, -0.2) is 0 Å². The Hall–Kier alpha value is -1.63. The zero-order valence-electron chi connectivity index (χ0n) is 11.8. The van der Waals surface area contributed by atoms with Crippen molar-refractivity contribution in [3.63, 3.8) is 0 Å². The van der Waals surface area contributed by atoms with Gasteiger partial charge in [0.05, 0.1) is 6.61 Å². The zero-order valence-corrected chi connectivity index (χ0v) is 12.6. The number of carbonyl (C=O) groups excluding carboxylic acids is 2. The third-order valence-electron chi connectivity index (χ3n) is 3.52. The highest BCUT2D eigenvalue weighted by Crippen LogP contribution is 2.23. The summed E-state index contributed by atoms with van der Waals surface area (Å²) in [6, 6.07) is 6.26. The molecule has 0 spiro atoms. The van der Waals surface area contributed by atoms with E-state index >= 15 is 0 Å². The lowest BCUT2D eigenvalue weighted by Crippen LogP contribution is -2.56. The second kappa shape index (κ2) is 7.40. The third kappa shape index (κ3) is 3.72. The summed E-state index contributed by atoms with van der Waals surface area (Å²) >= 11 is 0. The van der Waals surface area contributed by atoms with Gasteiger partial charge in [-0.2, -0.15) is 0 Å². The van der Waals surface area contributed by atoms with Crippen molar-refractivity contribution in [1.82, 2.24) is 4.90 Å². The SMILES string of the molecule is COCC(N)C(=O)N1Cc2ccccc2CC1C(N)=O.Cl. The first kappa shape index (κ1) is 17.4. The lowest BCUT2D eigenvalue weighted by molar-refractivity contribution is -0.142. The average molecular weight is 314 g/mol. The minimum Gasteiger partial charge on any atom is -0.383 e. The Kier molecular flexibility index (Phi) is 6.14. The van der Waals surface area contributed by atoms with Crippen molar-refractivity contribution in [3.8, 4) is 0 Å². The number of fused-ring (bicyclic) bond motifs is 1. The number of carbonyl (C=O) groups is 2. The fourth-order valence-corrected chi connectivity index (χ4v) is 2.47. The Balaban J connectivity index is 0.00000220. The lowest BCUT2D eigenvalue weighted by Gasteiger charge is -2.36. The fraction of sp³-hybridized carbons (Fsp3) is 0.429. The minimum atomic E-state index is -0.785. The Labute approximate surface area is 129 Å². The summed E-state index contributed by atoms with van der Waals surface area (Å²) in [5.74, 6) is -0.831. The van der Waals surface area contributed by atoms with Gasteiger partial charge in [0.25, 0.3) is 0 Å². The van der Waals surface area contributed by atoms with Crippen LogP contribution in [0.15, 0.2) is 24.3 Å². The van der Waals surface area contributed by atoms with Crippen LogP contribution in [0.4, 0.5) is 0 Å². The normalized spacial score (nSPS) is 18.4. The van der Waals surface area contributed by atoms with Crippen LogP contribution in [0, 0.1) is 0 Å². The minimum absolute atomic E-state index is 0. The van der Waals surface area contributed by atoms with E-state index in [0.29, 0.717) is 13.0 Å². The molecule has 4 N–H and O–H groups in total. The fourth-order valence-electron chi connectivity index (χ4n) is 2.47. The molecule has 1 aromatic rings. The number of nitrogens with zero attached hydrogens (tertiary/aromatic N) is 1. The number of rotatable bonds is 4. The molecule has 2 unspecified atom stereocenters. The molecule has 0 bridgehead atoms. The molecular weight excluding hydrogens is 294 g/mol. The van der Waals surface area contributed by atoms with E-state index in [4.69, 9.17) is 16.2 Å². The van der Waals surface area contributed by atoms with Crippen molar-refractivity contribution in [2.45, 2.75) is 25.0 Å². The number of ether oxygens (including phenoxy) is 1. The zero-order chi connectivity index (χ0) is 14.7. The van der Waals surface area contributed by atoms with Gasteiger partial charge in [0, 0.05) is 20.1 Å². The summed E-state index contributed by atoms with van der Waals surface area (Å²) in [6.45, 7) is 0.461. The van der Waals surface area contributed by atoms with Crippen LogP contribution in [-0.2, 0) is 27.3 Å². The van der Waals surface area contributed by atoms with Crippen molar-refractivity contribution in [2.75, 3.05) is 13.7 Å². The molecule has 0 saturated carbocycles. The average Bonchev–Trinajstić information content (AvgIpc) is 2.45. The molecule has 0 radical (unpaired) electrons. The number of hydrogen-bond acceptors (Lipinski definition) is 4. The van der Waals surface area contributed by atoms with Gasteiger partial charge >= 0.3 is 0 Å². The molecule has 21 heavy (non-hydrogen) atoms. The topological polar surface area (TPSA) is 98.7 Å². The van der Waals surface area contributed by atoms with Gasteiger partial charge in [-0.15, -0.1) is 12.4 Å². The first-order valence-electron chi connectivity index (χ1n) is 6.45. The largest absolute Gasteiger partial charge is 0.383 e. The maximum absolute atomic E-state index is 12.3. The van der Waals surface area contributed by atoms with Crippen LogP contribution in [0.5, 0.6) is 0 Å². The number of halogens is 1. The molecule has 0 saturated heterocycles. The first-order valence-corrected chi connectivity index (χ1v) is 6.45. The highest BCUT2D eigenvalue weighted by Gasteiger charge is 2.35. The molecule has 2 atom stereocenters. The van der Waals surface area contributed by atoms with Crippen LogP contribution in [0.1, 0.15) is 11.1 Å². The van der Waals surface area contributed by atoms with E-state index in [1.807, 2.05) is 24.3 Å². The van der Waals surface area contributed by atoms with Crippen LogP contribution in [0.25, 0.3) is 0 Å². The molecule has 1 aromatic carbocycles. The predicted octanol–water partition coefficient (Wildman–Crippen LogP) is -0.179. The summed E-state index contributed by atoms with van der Waals surface area (Å²) in [5.41, 5.74) is 13.3. The molecule has 1 aliphatic heterocycles. The van der Waals surface area contributed by atoms with Crippen LogP contribution < -0.4 is 11.5 Å². The molecule has 6 nitrogen and oxygen atoms in total. The van der Waals surface area contributed by atoms with Gasteiger partial charge in [0.1, 0.15) is 12.1 Å². The van der Waals surface area contributed by atoms with Crippen molar-refractivity contribution >= 4 is 24.2 Å². The molecule has 7 heteroatoms. The highest BCUT2D eigenvalue weighted by molar-refractivity contribution is 5.89. The standard InChI is InChI=1S/C14H19N3O3.ClH/c1-20-8-11(15)14(19)17-7-10-5-3-2-4-9(10)6-12(17)13(16)18;/h2-5,11-12H,6-8,15H2,1H3,(H2,16,18);1H. The Bertz CT molecular complexity index is 524. The molecule has 1 heterocycles. The van der Waals surface area contributed by atoms with E-state index in [1.165, 1.54) is 12.0 Å². The van der Waals surface area contributed by atoms with Crippen LogP contribution >= 0.6 is 12.4 Å². The van der Waals surface area contributed by atoms with E-state index in [-0.39, 0.29) is 24.9 Å². The Morgan fingerprint density at radius 2 is 2.00 bits per heavy atom. The molecule has 0 aliphatic carbocycles. The first-order chi connectivity index (χ1) is 9.54. The van der Waals surface area contributed by atoms with E-state index in [0.717, 1.165) is 11.1 Å². The summed E-state index contributed by atoms with van der Waals surface area (Å²) in [6.07, 6.45) is 0.428. The van der Waals surface area contributed by atoms with Crippen molar-refractivity contribution < 1.29 is 14.3 Å². The van der Waals surface area contributed by atoms with Crippen molar-refractivity contribution in [2.24, 2.45) is 11.5 Å².